The maximum atomic E-state index is 12.0. The van der Waals surface area contributed by atoms with E-state index in [0.29, 0.717) is 0 Å². The molecule has 0 radical (unpaired) electrons. The molecule has 1 N–H and O–H groups in total. The Morgan fingerprint density at radius 3 is 2.68 bits per heavy atom. The second-order valence-electron chi connectivity index (χ2n) is 5.38. The van der Waals surface area contributed by atoms with Crippen LogP contribution in [0.3, 0.4) is 0 Å². The number of nitrogens with one attached hydrogen (secondary N) is 1. The van der Waals surface area contributed by atoms with E-state index in [1.807, 2.05) is 0 Å². The molecule has 19 heavy (non-hydrogen) atoms. The Hall–Kier alpha value is -1.35. The minimum absolute atomic E-state index is 0.0759. The Morgan fingerprint density at radius 2 is 2.11 bits per heavy atom. The SMILES string of the molecule is COC(=O)[C@@H](Cc1ccc(C)cc1)C1CCCCN1. The number of hydrogen-bond acceptors (Lipinski definition) is 3. The normalized spacial score (nSPS) is 20.8. The summed E-state index contributed by atoms with van der Waals surface area (Å²) in [4.78, 5) is 12.0. The number of ether oxygens (including phenoxy) is 1. The van der Waals surface area contributed by atoms with Gasteiger partial charge in [-0.05, 0) is 38.3 Å². The van der Waals surface area contributed by atoms with Crippen molar-refractivity contribution in [1.82, 2.24) is 5.32 Å². The molecule has 1 aromatic rings. The predicted molar refractivity (Wildman–Crippen MR) is 76.0 cm³/mol. The number of carbonyl (C=O) groups is 1. The van der Waals surface area contributed by atoms with E-state index >= 15 is 0 Å². The number of rotatable bonds is 4. The zero-order valence-corrected chi connectivity index (χ0v) is 11.8. The van der Waals surface area contributed by atoms with Gasteiger partial charge in [0.15, 0.2) is 0 Å². The predicted octanol–water partition coefficient (Wildman–Crippen LogP) is 2.47. The van der Waals surface area contributed by atoms with Crippen LogP contribution >= 0.6 is 0 Å². The number of methoxy groups -OCH3 is 1. The summed E-state index contributed by atoms with van der Waals surface area (Å²) in [6.45, 7) is 3.08. The van der Waals surface area contributed by atoms with Crippen LogP contribution in [0.25, 0.3) is 0 Å². The van der Waals surface area contributed by atoms with Gasteiger partial charge < -0.3 is 10.1 Å². The number of aryl methyl sites for hydroxylation is 1. The lowest BCUT2D eigenvalue weighted by Gasteiger charge is -2.29. The van der Waals surface area contributed by atoms with Crippen LogP contribution in [0.5, 0.6) is 0 Å². The van der Waals surface area contributed by atoms with E-state index in [1.165, 1.54) is 31.1 Å². The van der Waals surface area contributed by atoms with E-state index in [0.717, 1.165) is 19.4 Å². The third-order valence-electron chi connectivity index (χ3n) is 3.91. The summed E-state index contributed by atoms with van der Waals surface area (Å²) >= 11 is 0. The summed E-state index contributed by atoms with van der Waals surface area (Å²) in [5.74, 6) is -0.173. The molecule has 0 amide bonds. The lowest BCUT2D eigenvalue weighted by Crippen LogP contribution is -2.44. The van der Waals surface area contributed by atoms with Crippen LogP contribution in [0, 0.1) is 12.8 Å². The first-order chi connectivity index (χ1) is 9.20. The van der Waals surface area contributed by atoms with E-state index in [1.54, 1.807) is 0 Å². The lowest BCUT2D eigenvalue weighted by atomic mass is 9.87. The summed E-state index contributed by atoms with van der Waals surface area (Å²) in [6.07, 6.45) is 4.21. The summed E-state index contributed by atoms with van der Waals surface area (Å²) in [7, 11) is 1.48. The number of benzene rings is 1. The van der Waals surface area contributed by atoms with Crippen molar-refractivity contribution in [2.45, 2.75) is 38.6 Å². The van der Waals surface area contributed by atoms with Crippen LogP contribution in [-0.2, 0) is 16.0 Å². The van der Waals surface area contributed by atoms with Crippen molar-refractivity contribution < 1.29 is 9.53 Å². The third kappa shape index (κ3) is 3.80. The lowest BCUT2D eigenvalue weighted by molar-refractivity contribution is -0.146. The largest absolute Gasteiger partial charge is 0.469 e. The monoisotopic (exact) mass is 261 g/mol. The van der Waals surface area contributed by atoms with Crippen molar-refractivity contribution in [1.29, 1.82) is 0 Å². The van der Waals surface area contributed by atoms with Crippen LogP contribution in [-0.4, -0.2) is 25.7 Å². The molecular weight excluding hydrogens is 238 g/mol. The Balaban J connectivity index is 2.08. The van der Waals surface area contributed by atoms with Crippen molar-refractivity contribution in [3.8, 4) is 0 Å². The van der Waals surface area contributed by atoms with E-state index in [2.05, 4.69) is 36.5 Å². The summed E-state index contributed by atoms with van der Waals surface area (Å²) in [6, 6.07) is 8.65. The standard InChI is InChI=1S/C16H23NO2/c1-12-6-8-13(9-7-12)11-14(16(18)19-2)15-5-3-4-10-17-15/h6-9,14-15,17H,3-5,10-11H2,1-2H3/t14-,15?/m0/s1. The fourth-order valence-electron chi connectivity index (χ4n) is 2.74. The highest BCUT2D eigenvalue weighted by atomic mass is 16.5. The molecular formula is C16H23NO2. The van der Waals surface area contributed by atoms with Crippen molar-refractivity contribution >= 4 is 5.97 Å². The van der Waals surface area contributed by atoms with Gasteiger partial charge in [-0.15, -0.1) is 0 Å². The van der Waals surface area contributed by atoms with Gasteiger partial charge in [0.2, 0.25) is 0 Å². The molecule has 1 fully saturated rings. The zero-order valence-electron chi connectivity index (χ0n) is 11.8. The van der Waals surface area contributed by atoms with Gasteiger partial charge in [0, 0.05) is 6.04 Å². The summed E-state index contributed by atoms with van der Waals surface area (Å²) in [5.41, 5.74) is 2.45. The average molecular weight is 261 g/mol. The molecule has 3 heteroatoms. The van der Waals surface area contributed by atoms with Gasteiger partial charge in [0.25, 0.3) is 0 Å². The molecule has 1 saturated heterocycles. The van der Waals surface area contributed by atoms with E-state index in [-0.39, 0.29) is 17.9 Å². The van der Waals surface area contributed by atoms with Gasteiger partial charge in [-0.2, -0.15) is 0 Å². The molecule has 1 aliphatic heterocycles. The third-order valence-corrected chi connectivity index (χ3v) is 3.91. The van der Waals surface area contributed by atoms with Gasteiger partial charge in [0.1, 0.15) is 0 Å². The first-order valence-electron chi connectivity index (χ1n) is 7.07. The molecule has 1 unspecified atom stereocenters. The van der Waals surface area contributed by atoms with Crippen molar-refractivity contribution in [2.24, 2.45) is 5.92 Å². The number of hydrogen-bond donors (Lipinski definition) is 1. The molecule has 0 aromatic heterocycles. The van der Waals surface area contributed by atoms with E-state index < -0.39 is 0 Å². The highest BCUT2D eigenvalue weighted by Gasteiger charge is 2.30. The number of carbonyl (C=O) groups excluding carboxylic acids is 1. The number of esters is 1. The maximum absolute atomic E-state index is 12.0. The minimum atomic E-state index is -0.0972. The summed E-state index contributed by atoms with van der Waals surface area (Å²) < 4.78 is 4.98. The van der Waals surface area contributed by atoms with Crippen LogP contribution in [0.1, 0.15) is 30.4 Å². The molecule has 0 saturated carbocycles. The molecule has 2 rings (SSSR count). The second kappa shape index (κ2) is 6.71. The maximum Gasteiger partial charge on any atom is 0.310 e. The highest BCUT2D eigenvalue weighted by Crippen LogP contribution is 2.21. The number of piperidine rings is 1. The molecule has 1 heterocycles. The topological polar surface area (TPSA) is 38.3 Å². The van der Waals surface area contributed by atoms with Crippen LogP contribution in [0.15, 0.2) is 24.3 Å². The highest BCUT2D eigenvalue weighted by molar-refractivity contribution is 5.73. The van der Waals surface area contributed by atoms with Gasteiger partial charge in [-0.25, -0.2) is 0 Å². The first-order valence-corrected chi connectivity index (χ1v) is 7.07. The smallest absolute Gasteiger partial charge is 0.310 e. The Morgan fingerprint density at radius 1 is 1.37 bits per heavy atom. The fraction of sp³-hybridized carbons (Fsp3) is 0.562. The van der Waals surface area contributed by atoms with Crippen LogP contribution in [0.4, 0.5) is 0 Å². The Labute approximate surface area is 115 Å². The van der Waals surface area contributed by atoms with Gasteiger partial charge in [0.05, 0.1) is 13.0 Å². The molecule has 2 atom stereocenters. The quantitative estimate of drug-likeness (QED) is 0.846. The molecule has 1 aromatic carbocycles. The fourth-order valence-corrected chi connectivity index (χ4v) is 2.74. The molecule has 104 valence electrons. The molecule has 0 bridgehead atoms. The molecule has 0 aliphatic carbocycles. The first kappa shape index (κ1) is 14.1. The zero-order chi connectivity index (χ0) is 13.7. The second-order valence-corrected chi connectivity index (χ2v) is 5.38. The Kier molecular flexibility index (Phi) is 4.97. The van der Waals surface area contributed by atoms with Crippen molar-refractivity contribution in [2.75, 3.05) is 13.7 Å². The van der Waals surface area contributed by atoms with E-state index in [9.17, 15) is 4.79 Å². The van der Waals surface area contributed by atoms with Crippen molar-refractivity contribution in [3.63, 3.8) is 0 Å². The summed E-state index contributed by atoms with van der Waals surface area (Å²) in [5, 5.41) is 3.47. The van der Waals surface area contributed by atoms with E-state index in [4.69, 9.17) is 4.74 Å². The Bertz CT molecular complexity index is 407. The average Bonchev–Trinajstić information content (AvgIpc) is 2.47. The van der Waals surface area contributed by atoms with Crippen LogP contribution < -0.4 is 5.32 Å². The molecule has 1 aliphatic rings. The van der Waals surface area contributed by atoms with Crippen molar-refractivity contribution in [3.05, 3.63) is 35.4 Å². The van der Waals surface area contributed by atoms with Gasteiger partial charge in [-0.3, -0.25) is 4.79 Å². The van der Waals surface area contributed by atoms with Gasteiger partial charge in [-0.1, -0.05) is 36.2 Å². The minimum Gasteiger partial charge on any atom is -0.469 e. The van der Waals surface area contributed by atoms with Gasteiger partial charge >= 0.3 is 5.97 Å². The van der Waals surface area contributed by atoms with Crippen LogP contribution in [0.2, 0.25) is 0 Å². The molecule has 0 spiro atoms. The molecule has 3 nitrogen and oxygen atoms in total.